The van der Waals surface area contributed by atoms with Crippen molar-refractivity contribution >= 4 is 0 Å². The number of ether oxygens (including phenoxy) is 1. The van der Waals surface area contributed by atoms with Gasteiger partial charge in [-0.3, -0.25) is 4.90 Å². The molecule has 30 heavy (non-hydrogen) atoms. The van der Waals surface area contributed by atoms with Crippen LogP contribution in [0, 0.1) is 11.3 Å². The minimum absolute atomic E-state index is 0.0621. The molecule has 4 rings (SSSR count). The van der Waals surface area contributed by atoms with Crippen molar-refractivity contribution in [2.24, 2.45) is 0 Å². The predicted octanol–water partition coefficient (Wildman–Crippen LogP) is 5.72. The fourth-order valence-electron chi connectivity index (χ4n) is 4.15. The zero-order valence-corrected chi connectivity index (χ0v) is 17.3. The first-order valence-electron chi connectivity index (χ1n) is 10.8. The van der Waals surface area contributed by atoms with Crippen LogP contribution in [0.4, 0.5) is 0 Å². The Labute approximate surface area is 179 Å². The highest BCUT2D eigenvalue weighted by molar-refractivity contribution is 5.32. The lowest BCUT2D eigenvalue weighted by Gasteiger charge is -2.38. The monoisotopic (exact) mass is 396 g/mol. The summed E-state index contributed by atoms with van der Waals surface area (Å²) in [6, 6.07) is 31.2. The lowest BCUT2D eigenvalue weighted by Crippen LogP contribution is -2.43. The maximum absolute atomic E-state index is 8.99. The molecule has 0 N–H and O–H groups in total. The molecule has 0 amide bonds. The SMILES string of the molecule is N#Cc1ccc(CCN2CCCCC2OC(c2ccccc2)c2ccccc2)cc1. The highest BCUT2D eigenvalue weighted by Gasteiger charge is 2.27. The second kappa shape index (κ2) is 10.2. The van der Waals surface area contributed by atoms with E-state index in [2.05, 4.69) is 83.8 Å². The summed E-state index contributed by atoms with van der Waals surface area (Å²) >= 11 is 0. The van der Waals surface area contributed by atoms with Crippen molar-refractivity contribution in [1.82, 2.24) is 4.90 Å². The van der Waals surface area contributed by atoms with E-state index in [1.54, 1.807) is 0 Å². The maximum atomic E-state index is 8.99. The van der Waals surface area contributed by atoms with Crippen molar-refractivity contribution in [3.63, 3.8) is 0 Å². The molecule has 0 saturated carbocycles. The van der Waals surface area contributed by atoms with Gasteiger partial charge in [-0.15, -0.1) is 0 Å². The van der Waals surface area contributed by atoms with Crippen LogP contribution in [-0.4, -0.2) is 24.2 Å². The Morgan fingerprint density at radius 3 is 2.10 bits per heavy atom. The Balaban J connectivity index is 1.48. The quantitative estimate of drug-likeness (QED) is 0.512. The van der Waals surface area contributed by atoms with Gasteiger partial charge in [-0.2, -0.15) is 5.26 Å². The van der Waals surface area contributed by atoms with E-state index in [9.17, 15) is 0 Å². The van der Waals surface area contributed by atoms with Gasteiger partial charge >= 0.3 is 0 Å². The number of nitrogens with zero attached hydrogens (tertiary/aromatic N) is 2. The summed E-state index contributed by atoms with van der Waals surface area (Å²) in [5, 5.41) is 8.99. The molecule has 1 unspecified atom stereocenters. The van der Waals surface area contributed by atoms with Crippen LogP contribution in [-0.2, 0) is 11.2 Å². The second-order valence-corrected chi connectivity index (χ2v) is 7.88. The van der Waals surface area contributed by atoms with Gasteiger partial charge in [-0.25, -0.2) is 0 Å². The van der Waals surface area contributed by atoms with Gasteiger partial charge in [0.1, 0.15) is 12.3 Å². The van der Waals surface area contributed by atoms with Crippen molar-refractivity contribution in [2.45, 2.75) is 38.0 Å². The van der Waals surface area contributed by atoms with Crippen molar-refractivity contribution in [1.29, 1.82) is 5.26 Å². The molecule has 0 bridgehead atoms. The first-order chi connectivity index (χ1) is 14.8. The van der Waals surface area contributed by atoms with Gasteiger partial charge in [0.2, 0.25) is 0 Å². The van der Waals surface area contributed by atoms with Gasteiger partial charge < -0.3 is 4.74 Å². The Kier molecular flexibility index (Phi) is 6.92. The lowest BCUT2D eigenvalue weighted by atomic mass is 10.0. The summed E-state index contributed by atoms with van der Waals surface area (Å²) in [5.74, 6) is 0. The molecule has 0 aliphatic carbocycles. The molecule has 1 aliphatic rings. The van der Waals surface area contributed by atoms with E-state index in [1.165, 1.54) is 29.5 Å². The van der Waals surface area contributed by atoms with Crippen LogP contribution >= 0.6 is 0 Å². The fourth-order valence-corrected chi connectivity index (χ4v) is 4.15. The molecule has 3 nitrogen and oxygen atoms in total. The van der Waals surface area contributed by atoms with Crippen LogP contribution in [0.1, 0.15) is 47.6 Å². The molecule has 1 heterocycles. The molecule has 1 atom stereocenters. The van der Waals surface area contributed by atoms with Crippen LogP contribution in [0.3, 0.4) is 0 Å². The molecule has 1 aliphatic heterocycles. The van der Waals surface area contributed by atoms with E-state index in [4.69, 9.17) is 10.00 Å². The first-order valence-corrected chi connectivity index (χ1v) is 10.8. The molecular weight excluding hydrogens is 368 g/mol. The Bertz CT molecular complexity index is 908. The lowest BCUT2D eigenvalue weighted by molar-refractivity contribution is -0.105. The van der Waals surface area contributed by atoms with Crippen molar-refractivity contribution in [3.05, 3.63) is 107 Å². The number of piperidine rings is 1. The van der Waals surface area contributed by atoms with Gasteiger partial charge in [-0.1, -0.05) is 72.8 Å². The molecule has 1 saturated heterocycles. The Morgan fingerprint density at radius 1 is 0.867 bits per heavy atom. The third-order valence-electron chi connectivity index (χ3n) is 5.82. The smallest absolute Gasteiger partial charge is 0.111 e. The zero-order chi connectivity index (χ0) is 20.6. The molecule has 3 heteroatoms. The summed E-state index contributed by atoms with van der Waals surface area (Å²) in [7, 11) is 0. The van der Waals surface area contributed by atoms with Crippen molar-refractivity contribution < 1.29 is 4.74 Å². The van der Waals surface area contributed by atoms with Crippen LogP contribution in [0.15, 0.2) is 84.9 Å². The van der Waals surface area contributed by atoms with Crippen LogP contribution < -0.4 is 0 Å². The Morgan fingerprint density at radius 2 is 1.50 bits per heavy atom. The number of benzene rings is 3. The van der Waals surface area contributed by atoms with Gasteiger partial charge in [0.05, 0.1) is 11.6 Å². The fraction of sp³-hybridized carbons (Fsp3) is 0.296. The largest absolute Gasteiger partial charge is 0.350 e. The number of likely N-dealkylation sites (tertiary alicyclic amines) is 1. The third-order valence-corrected chi connectivity index (χ3v) is 5.82. The van der Waals surface area contributed by atoms with Crippen LogP contribution in [0.5, 0.6) is 0 Å². The molecular formula is C27H28N2O. The molecule has 152 valence electrons. The number of rotatable bonds is 7. The van der Waals surface area contributed by atoms with Crippen LogP contribution in [0.2, 0.25) is 0 Å². The third kappa shape index (κ3) is 5.16. The minimum atomic E-state index is -0.0621. The normalized spacial score (nSPS) is 17.0. The van der Waals surface area contributed by atoms with Crippen molar-refractivity contribution in [2.75, 3.05) is 13.1 Å². The molecule has 0 spiro atoms. The Hall–Kier alpha value is -2.93. The van der Waals surface area contributed by atoms with Crippen molar-refractivity contribution in [3.8, 4) is 6.07 Å². The highest BCUT2D eigenvalue weighted by Crippen LogP contribution is 2.31. The average Bonchev–Trinajstić information content (AvgIpc) is 2.83. The predicted molar refractivity (Wildman–Crippen MR) is 120 cm³/mol. The van der Waals surface area contributed by atoms with Gasteiger partial charge in [0.25, 0.3) is 0 Å². The topological polar surface area (TPSA) is 36.3 Å². The number of nitriles is 1. The minimum Gasteiger partial charge on any atom is -0.350 e. The standard InChI is InChI=1S/C27H28N2O/c28-21-23-16-14-22(15-17-23)18-20-29-19-8-7-13-26(29)30-27(24-9-3-1-4-10-24)25-11-5-2-6-12-25/h1-6,9-12,14-17,26-27H,7-8,13,18-20H2. The van der Waals surface area contributed by atoms with Crippen LogP contribution in [0.25, 0.3) is 0 Å². The van der Waals surface area contributed by atoms with E-state index in [-0.39, 0.29) is 12.3 Å². The molecule has 3 aromatic rings. The van der Waals surface area contributed by atoms with E-state index < -0.39 is 0 Å². The first kappa shape index (κ1) is 20.3. The summed E-state index contributed by atoms with van der Waals surface area (Å²) in [4.78, 5) is 2.49. The summed E-state index contributed by atoms with van der Waals surface area (Å²) in [6.07, 6.45) is 4.50. The molecule has 0 aromatic heterocycles. The van der Waals surface area contributed by atoms with E-state index in [0.29, 0.717) is 5.56 Å². The zero-order valence-electron chi connectivity index (χ0n) is 17.3. The summed E-state index contributed by atoms with van der Waals surface area (Å²) < 4.78 is 6.78. The van der Waals surface area contributed by atoms with Gasteiger partial charge in [0.15, 0.2) is 0 Å². The summed E-state index contributed by atoms with van der Waals surface area (Å²) in [5.41, 5.74) is 4.37. The van der Waals surface area contributed by atoms with E-state index in [0.717, 1.165) is 25.9 Å². The molecule has 0 radical (unpaired) electrons. The highest BCUT2D eigenvalue weighted by atomic mass is 16.5. The van der Waals surface area contributed by atoms with Gasteiger partial charge in [0, 0.05) is 13.1 Å². The molecule has 3 aromatic carbocycles. The number of hydrogen-bond donors (Lipinski definition) is 0. The van der Waals surface area contributed by atoms with Gasteiger partial charge in [-0.05, 0) is 54.5 Å². The number of hydrogen-bond acceptors (Lipinski definition) is 3. The van der Waals surface area contributed by atoms with E-state index in [1.807, 2.05) is 12.1 Å². The second-order valence-electron chi connectivity index (χ2n) is 7.88. The average molecular weight is 397 g/mol. The van der Waals surface area contributed by atoms with E-state index >= 15 is 0 Å². The molecule has 1 fully saturated rings. The summed E-state index contributed by atoms with van der Waals surface area (Å²) in [6.45, 7) is 2.03. The maximum Gasteiger partial charge on any atom is 0.111 e.